The van der Waals surface area contributed by atoms with Gasteiger partial charge in [-0.1, -0.05) is 0 Å². The number of anilines is 2. The molecule has 146 valence electrons. The summed E-state index contributed by atoms with van der Waals surface area (Å²) in [7, 11) is 1.57. The topological polar surface area (TPSA) is 90.5 Å². The molecular weight excluding hydrogens is 356 g/mol. The predicted octanol–water partition coefficient (Wildman–Crippen LogP) is 2.33. The van der Waals surface area contributed by atoms with Crippen molar-refractivity contribution in [2.75, 3.05) is 37.3 Å². The van der Waals surface area contributed by atoms with Gasteiger partial charge < -0.3 is 20.9 Å². The molecule has 2 aromatic carbocycles. The Labute approximate surface area is 164 Å². The van der Waals surface area contributed by atoms with Gasteiger partial charge in [-0.15, -0.1) is 0 Å². The Morgan fingerprint density at radius 3 is 2.04 bits per heavy atom. The minimum absolute atomic E-state index is 0.0574. The van der Waals surface area contributed by atoms with Crippen LogP contribution in [0.2, 0.25) is 0 Å². The maximum Gasteiger partial charge on any atom is 0.253 e. The summed E-state index contributed by atoms with van der Waals surface area (Å²) in [4.78, 5) is 37.8. The number of carbonyl (C=O) groups is 3. The zero-order valence-corrected chi connectivity index (χ0v) is 15.8. The molecule has 3 N–H and O–H groups in total. The van der Waals surface area contributed by atoms with Gasteiger partial charge in [-0.05, 0) is 61.4 Å². The van der Waals surface area contributed by atoms with Crippen LogP contribution in [0.25, 0.3) is 0 Å². The van der Waals surface area contributed by atoms with Crippen molar-refractivity contribution in [3.05, 3.63) is 59.7 Å². The predicted molar refractivity (Wildman–Crippen MR) is 109 cm³/mol. The van der Waals surface area contributed by atoms with E-state index in [-0.39, 0.29) is 24.3 Å². The average molecular weight is 380 g/mol. The average Bonchev–Trinajstić information content (AvgIpc) is 3.27. The molecule has 0 radical (unpaired) electrons. The van der Waals surface area contributed by atoms with Crippen LogP contribution < -0.4 is 16.0 Å². The van der Waals surface area contributed by atoms with E-state index in [0.29, 0.717) is 16.8 Å². The van der Waals surface area contributed by atoms with Crippen molar-refractivity contribution in [2.24, 2.45) is 0 Å². The largest absolute Gasteiger partial charge is 0.376 e. The van der Waals surface area contributed by atoms with Crippen molar-refractivity contribution >= 4 is 29.1 Å². The third kappa shape index (κ3) is 4.88. The lowest BCUT2D eigenvalue weighted by Gasteiger charge is -2.15. The maximum absolute atomic E-state index is 12.3. The number of likely N-dealkylation sites (tertiary alicyclic amines) is 1. The highest BCUT2D eigenvalue weighted by Crippen LogP contribution is 2.15. The van der Waals surface area contributed by atoms with E-state index in [0.717, 1.165) is 31.6 Å². The lowest BCUT2D eigenvalue weighted by molar-refractivity contribution is -0.114. The van der Waals surface area contributed by atoms with Gasteiger partial charge in [0.05, 0.1) is 6.54 Å². The summed E-state index contributed by atoms with van der Waals surface area (Å²) in [5, 5.41) is 8.35. The van der Waals surface area contributed by atoms with Crippen LogP contribution in [0.15, 0.2) is 48.5 Å². The van der Waals surface area contributed by atoms with E-state index in [4.69, 9.17) is 0 Å². The molecule has 0 spiro atoms. The molecule has 1 fully saturated rings. The fourth-order valence-corrected chi connectivity index (χ4v) is 3.07. The van der Waals surface area contributed by atoms with Crippen LogP contribution in [0.3, 0.4) is 0 Å². The Hall–Kier alpha value is -3.35. The Balaban J connectivity index is 1.49. The van der Waals surface area contributed by atoms with Gasteiger partial charge in [0.2, 0.25) is 5.91 Å². The van der Waals surface area contributed by atoms with Crippen molar-refractivity contribution in [3.63, 3.8) is 0 Å². The summed E-state index contributed by atoms with van der Waals surface area (Å²) in [6, 6.07) is 13.8. The van der Waals surface area contributed by atoms with Gasteiger partial charge in [-0.2, -0.15) is 0 Å². The first-order valence-electron chi connectivity index (χ1n) is 9.32. The molecule has 1 saturated heterocycles. The standard InChI is InChI=1S/C21H24N4O3/c1-22-20(27)15-4-10-18(11-5-15)24-19(26)14-23-17-8-6-16(7-9-17)21(28)25-12-2-3-13-25/h4-11,23H,2-3,12-14H2,1H3,(H,22,27)(H,24,26). The molecule has 1 heterocycles. The van der Waals surface area contributed by atoms with E-state index in [9.17, 15) is 14.4 Å². The van der Waals surface area contributed by atoms with Crippen molar-refractivity contribution in [1.82, 2.24) is 10.2 Å². The molecule has 0 bridgehead atoms. The van der Waals surface area contributed by atoms with Gasteiger partial charge in [-0.3, -0.25) is 14.4 Å². The summed E-state index contributed by atoms with van der Waals surface area (Å²) in [5.41, 5.74) is 2.57. The van der Waals surface area contributed by atoms with E-state index in [2.05, 4.69) is 16.0 Å². The Morgan fingerprint density at radius 2 is 1.43 bits per heavy atom. The quantitative estimate of drug-likeness (QED) is 0.717. The molecule has 0 unspecified atom stereocenters. The first kappa shape index (κ1) is 19.4. The molecule has 2 aromatic rings. The fraction of sp³-hybridized carbons (Fsp3) is 0.286. The van der Waals surface area contributed by atoms with Crippen LogP contribution in [-0.4, -0.2) is 49.3 Å². The zero-order valence-electron chi connectivity index (χ0n) is 15.8. The van der Waals surface area contributed by atoms with Gasteiger partial charge in [-0.25, -0.2) is 0 Å². The van der Waals surface area contributed by atoms with E-state index in [1.165, 1.54) is 0 Å². The normalized spacial score (nSPS) is 13.1. The minimum atomic E-state index is -0.204. The third-order valence-corrected chi connectivity index (χ3v) is 4.64. The molecule has 0 aromatic heterocycles. The van der Waals surface area contributed by atoms with Gasteiger partial charge >= 0.3 is 0 Å². The molecule has 0 saturated carbocycles. The number of hydrogen-bond acceptors (Lipinski definition) is 4. The van der Waals surface area contributed by atoms with Crippen LogP contribution in [0, 0.1) is 0 Å². The fourth-order valence-electron chi connectivity index (χ4n) is 3.07. The molecular formula is C21H24N4O3. The number of carbonyl (C=O) groups excluding carboxylic acids is 3. The first-order valence-corrected chi connectivity index (χ1v) is 9.32. The number of nitrogens with one attached hydrogen (secondary N) is 3. The van der Waals surface area contributed by atoms with Crippen LogP contribution in [-0.2, 0) is 4.79 Å². The zero-order chi connectivity index (χ0) is 19.9. The molecule has 1 aliphatic heterocycles. The minimum Gasteiger partial charge on any atom is -0.376 e. The molecule has 28 heavy (non-hydrogen) atoms. The first-order chi connectivity index (χ1) is 13.6. The molecule has 3 amide bonds. The maximum atomic E-state index is 12.3. The number of nitrogens with zero attached hydrogens (tertiary/aromatic N) is 1. The van der Waals surface area contributed by atoms with E-state index in [1.54, 1.807) is 55.6 Å². The van der Waals surface area contributed by atoms with Crippen molar-refractivity contribution < 1.29 is 14.4 Å². The highest BCUT2D eigenvalue weighted by atomic mass is 16.2. The smallest absolute Gasteiger partial charge is 0.253 e. The highest BCUT2D eigenvalue weighted by molar-refractivity contribution is 5.97. The van der Waals surface area contributed by atoms with Gasteiger partial charge in [0, 0.05) is 42.6 Å². The van der Waals surface area contributed by atoms with Gasteiger partial charge in [0.1, 0.15) is 0 Å². The third-order valence-electron chi connectivity index (χ3n) is 4.64. The Bertz CT molecular complexity index is 841. The van der Waals surface area contributed by atoms with Crippen LogP contribution >= 0.6 is 0 Å². The summed E-state index contributed by atoms with van der Waals surface area (Å²) in [6.45, 7) is 1.74. The van der Waals surface area contributed by atoms with Gasteiger partial charge in [0.15, 0.2) is 0 Å². The molecule has 7 heteroatoms. The summed E-state index contributed by atoms with van der Waals surface area (Å²) in [5.74, 6) is -0.321. The highest BCUT2D eigenvalue weighted by Gasteiger charge is 2.19. The second kappa shape index (κ2) is 9.03. The molecule has 0 atom stereocenters. The lowest BCUT2D eigenvalue weighted by atomic mass is 10.2. The Kier molecular flexibility index (Phi) is 6.26. The van der Waals surface area contributed by atoms with Crippen molar-refractivity contribution in [1.29, 1.82) is 0 Å². The van der Waals surface area contributed by atoms with E-state index >= 15 is 0 Å². The number of hydrogen-bond donors (Lipinski definition) is 3. The number of amides is 3. The summed E-state index contributed by atoms with van der Waals surface area (Å²) in [6.07, 6.45) is 2.13. The van der Waals surface area contributed by atoms with Crippen LogP contribution in [0.1, 0.15) is 33.6 Å². The van der Waals surface area contributed by atoms with Crippen molar-refractivity contribution in [2.45, 2.75) is 12.8 Å². The molecule has 1 aliphatic rings. The van der Waals surface area contributed by atoms with Crippen LogP contribution in [0.5, 0.6) is 0 Å². The molecule has 7 nitrogen and oxygen atoms in total. The second-order valence-electron chi connectivity index (χ2n) is 6.63. The summed E-state index contributed by atoms with van der Waals surface area (Å²) >= 11 is 0. The lowest BCUT2D eigenvalue weighted by Crippen LogP contribution is -2.27. The molecule has 3 rings (SSSR count). The number of benzene rings is 2. The van der Waals surface area contributed by atoms with E-state index in [1.807, 2.05) is 4.90 Å². The SMILES string of the molecule is CNC(=O)c1ccc(NC(=O)CNc2ccc(C(=O)N3CCCC3)cc2)cc1. The van der Waals surface area contributed by atoms with E-state index < -0.39 is 0 Å². The number of rotatable bonds is 6. The van der Waals surface area contributed by atoms with Crippen molar-refractivity contribution in [3.8, 4) is 0 Å². The van der Waals surface area contributed by atoms with Gasteiger partial charge in [0.25, 0.3) is 11.8 Å². The Morgan fingerprint density at radius 1 is 0.857 bits per heavy atom. The second-order valence-corrected chi connectivity index (χ2v) is 6.63. The summed E-state index contributed by atoms with van der Waals surface area (Å²) < 4.78 is 0. The van der Waals surface area contributed by atoms with Crippen LogP contribution in [0.4, 0.5) is 11.4 Å². The monoisotopic (exact) mass is 380 g/mol. The molecule has 0 aliphatic carbocycles.